The van der Waals surface area contributed by atoms with Crippen molar-refractivity contribution in [2.24, 2.45) is 0 Å². The first kappa shape index (κ1) is 12.6. The molecule has 0 bridgehead atoms. The molecule has 0 aliphatic carbocycles. The van der Waals surface area contributed by atoms with Gasteiger partial charge >= 0.3 is 0 Å². The summed E-state index contributed by atoms with van der Waals surface area (Å²) in [5, 5.41) is 10.5. The molecule has 0 aliphatic heterocycles. The highest BCUT2D eigenvalue weighted by Gasteiger charge is 2.17. The summed E-state index contributed by atoms with van der Waals surface area (Å²) in [7, 11) is 0. The number of hydrogen-bond acceptors (Lipinski definition) is 4. The lowest BCUT2D eigenvalue weighted by molar-refractivity contribution is 0.454. The molecule has 0 radical (unpaired) electrons. The van der Waals surface area contributed by atoms with Crippen molar-refractivity contribution < 1.29 is 13.2 Å². The molecular formula is C12H13F2N3O. The second-order valence-electron chi connectivity index (χ2n) is 4.13. The van der Waals surface area contributed by atoms with Gasteiger partial charge in [0.1, 0.15) is 17.2 Å². The standard InChI is InChI=1S/C12H13F2N3O/c1-7(2)15-6-10-16-17-12(18-10)11-8(13)4-3-5-9(11)14/h3-5,7,15H,6H2,1-2H3. The molecule has 6 heteroatoms. The number of halogens is 2. The Bertz CT molecular complexity index is 520. The van der Waals surface area contributed by atoms with Crippen LogP contribution in [0.15, 0.2) is 22.6 Å². The Labute approximate surface area is 103 Å². The van der Waals surface area contributed by atoms with Crippen LogP contribution in [-0.4, -0.2) is 16.2 Å². The predicted octanol–water partition coefficient (Wildman–Crippen LogP) is 2.51. The number of rotatable bonds is 4. The third-order valence-corrected chi connectivity index (χ3v) is 2.31. The van der Waals surface area contributed by atoms with Crippen LogP contribution in [0.25, 0.3) is 11.5 Å². The molecule has 2 aromatic rings. The molecule has 0 fully saturated rings. The molecule has 18 heavy (non-hydrogen) atoms. The predicted molar refractivity (Wildman–Crippen MR) is 61.6 cm³/mol. The second-order valence-corrected chi connectivity index (χ2v) is 4.13. The molecule has 1 N–H and O–H groups in total. The number of aromatic nitrogens is 2. The van der Waals surface area contributed by atoms with Crippen LogP contribution >= 0.6 is 0 Å². The smallest absolute Gasteiger partial charge is 0.253 e. The molecular weight excluding hydrogens is 240 g/mol. The molecule has 0 unspecified atom stereocenters. The highest BCUT2D eigenvalue weighted by molar-refractivity contribution is 5.54. The Morgan fingerprint density at radius 2 is 1.89 bits per heavy atom. The van der Waals surface area contributed by atoms with Gasteiger partial charge in [0.15, 0.2) is 0 Å². The third-order valence-electron chi connectivity index (χ3n) is 2.31. The summed E-state index contributed by atoms with van der Waals surface area (Å²) in [6, 6.07) is 3.83. The molecule has 1 aromatic heterocycles. The van der Waals surface area contributed by atoms with Gasteiger partial charge in [-0.15, -0.1) is 10.2 Å². The van der Waals surface area contributed by atoms with E-state index in [1.54, 1.807) is 0 Å². The van der Waals surface area contributed by atoms with Crippen LogP contribution in [-0.2, 0) is 6.54 Å². The molecule has 0 amide bonds. The molecule has 0 saturated carbocycles. The summed E-state index contributed by atoms with van der Waals surface area (Å²) >= 11 is 0. The van der Waals surface area contributed by atoms with Gasteiger partial charge in [-0.3, -0.25) is 0 Å². The van der Waals surface area contributed by atoms with Gasteiger partial charge in [-0.05, 0) is 12.1 Å². The maximum atomic E-state index is 13.5. The molecule has 0 aliphatic rings. The Morgan fingerprint density at radius 1 is 1.22 bits per heavy atom. The van der Waals surface area contributed by atoms with E-state index in [1.165, 1.54) is 6.07 Å². The van der Waals surface area contributed by atoms with Gasteiger partial charge in [-0.1, -0.05) is 19.9 Å². The van der Waals surface area contributed by atoms with Gasteiger partial charge in [0.05, 0.1) is 6.54 Å². The molecule has 96 valence electrons. The van der Waals surface area contributed by atoms with Crippen molar-refractivity contribution in [3.63, 3.8) is 0 Å². The summed E-state index contributed by atoms with van der Waals surface area (Å²) in [6.45, 7) is 4.29. The Hall–Kier alpha value is -1.82. The molecule has 0 atom stereocenters. The molecule has 2 rings (SSSR count). The molecule has 0 spiro atoms. The lowest BCUT2D eigenvalue weighted by Gasteiger charge is -2.03. The van der Waals surface area contributed by atoms with Crippen LogP contribution in [0.3, 0.4) is 0 Å². The summed E-state index contributed by atoms with van der Waals surface area (Å²) in [6.07, 6.45) is 0. The van der Waals surface area contributed by atoms with Crippen molar-refractivity contribution in [2.45, 2.75) is 26.4 Å². The average Bonchev–Trinajstić information content (AvgIpc) is 2.75. The van der Waals surface area contributed by atoms with Crippen LogP contribution in [0.5, 0.6) is 0 Å². The maximum absolute atomic E-state index is 13.5. The van der Waals surface area contributed by atoms with Gasteiger partial charge in [-0.2, -0.15) is 0 Å². The summed E-state index contributed by atoms with van der Waals surface area (Å²) in [4.78, 5) is 0. The number of nitrogens with zero attached hydrogens (tertiary/aromatic N) is 2. The topological polar surface area (TPSA) is 51.0 Å². The van der Waals surface area contributed by atoms with E-state index in [0.717, 1.165) is 12.1 Å². The van der Waals surface area contributed by atoms with E-state index < -0.39 is 11.6 Å². The van der Waals surface area contributed by atoms with Crippen LogP contribution in [0.1, 0.15) is 19.7 Å². The number of nitrogens with one attached hydrogen (secondary N) is 1. The fraction of sp³-hybridized carbons (Fsp3) is 0.333. The Balaban J connectivity index is 2.24. The van der Waals surface area contributed by atoms with Gasteiger partial charge in [0, 0.05) is 6.04 Å². The van der Waals surface area contributed by atoms with Crippen LogP contribution in [0.4, 0.5) is 8.78 Å². The van der Waals surface area contributed by atoms with Crippen LogP contribution in [0, 0.1) is 11.6 Å². The molecule has 1 aromatic carbocycles. The van der Waals surface area contributed by atoms with E-state index in [-0.39, 0.29) is 17.5 Å². The lowest BCUT2D eigenvalue weighted by Crippen LogP contribution is -2.21. The van der Waals surface area contributed by atoms with Gasteiger partial charge in [0.25, 0.3) is 5.89 Å². The van der Waals surface area contributed by atoms with Gasteiger partial charge < -0.3 is 9.73 Å². The fourth-order valence-electron chi connectivity index (χ4n) is 1.42. The highest BCUT2D eigenvalue weighted by atomic mass is 19.1. The number of benzene rings is 1. The molecule has 0 saturated heterocycles. The molecule has 1 heterocycles. The first-order valence-electron chi connectivity index (χ1n) is 5.58. The van der Waals surface area contributed by atoms with E-state index in [2.05, 4.69) is 15.5 Å². The van der Waals surface area contributed by atoms with Crippen LogP contribution in [0.2, 0.25) is 0 Å². The van der Waals surface area contributed by atoms with E-state index in [9.17, 15) is 8.78 Å². The summed E-state index contributed by atoms with van der Waals surface area (Å²) in [5.41, 5.74) is -0.291. The van der Waals surface area contributed by atoms with E-state index >= 15 is 0 Å². The number of hydrogen-bond donors (Lipinski definition) is 1. The van der Waals surface area contributed by atoms with Crippen molar-refractivity contribution in [3.8, 4) is 11.5 Å². The summed E-state index contributed by atoms with van der Waals surface area (Å²) in [5.74, 6) is -1.29. The zero-order valence-corrected chi connectivity index (χ0v) is 10.1. The lowest BCUT2D eigenvalue weighted by atomic mass is 10.2. The SMILES string of the molecule is CC(C)NCc1nnc(-c2c(F)cccc2F)o1. The van der Waals surface area contributed by atoms with Crippen molar-refractivity contribution in [1.82, 2.24) is 15.5 Å². The van der Waals surface area contributed by atoms with E-state index in [4.69, 9.17) is 4.42 Å². The zero-order chi connectivity index (χ0) is 13.1. The Kier molecular flexibility index (Phi) is 3.66. The highest BCUT2D eigenvalue weighted by Crippen LogP contribution is 2.24. The van der Waals surface area contributed by atoms with Crippen LogP contribution < -0.4 is 5.32 Å². The summed E-state index contributed by atoms with van der Waals surface area (Å²) < 4.78 is 32.2. The fourth-order valence-corrected chi connectivity index (χ4v) is 1.42. The average molecular weight is 253 g/mol. The second kappa shape index (κ2) is 5.22. The van der Waals surface area contributed by atoms with Crippen molar-refractivity contribution in [1.29, 1.82) is 0 Å². The quantitative estimate of drug-likeness (QED) is 0.909. The Morgan fingerprint density at radius 3 is 2.50 bits per heavy atom. The zero-order valence-electron chi connectivity index (χ0n) is 10.1. The minimum Gasteiger partial charge on any atom is -0.419 e. The van der Waals surface area contributed by atoms with E-state index in [0.29, 0.717) is 12.4 Å². The van der Waals surface area contributed by atoms with Crippen molar-refractivity contribution in [2.75, 3.05) is 0 Å². The first-order chi connectivity index (χ1) is 8.58. The van der Waals surface area contributed by atoms with Crippen molar-refractivity contribution >= 4 is 0 Å². The maximum Gasteiger partial charge on any atom is 0.253 e. The monoisotopic (exact) mass is 253 g/mol. The third kappa shape index (κ3) is 2.70. The minimum atomic E-state index is -0.720. The normalized spacial score (nSPS) is 11.2. The molecule has 4 nitrogen and oxygen atoms in total. The van der Waals surface area contributed by atoms with Crippen molar-refractivity contribution in [3.05, 3.63) is 35.7 Å². The minimum absolute atomic E-state index is 0.147. The largest absolute Gasteiger partial charge is 0.419 e. The van der Waals surface area contributed by atoms with E-state index in [1.807, 2.05) is 13.8 Å². The first-order valence-corrected chi connectivity index (χ1v) is 5.58. The van der Waals surface area contributed by atoms with Gasteiger partial charge in [-0.25, -0.2) is 8.78 Å². The van der Waals surface area contributed by atoms with Gasteiger partial charge in [0.2, 0.25) is 5.89 Å².